The Hall–Kier alpha value is -1.96. The standard InChI is InChI=1S/C20H25ClN4O3/c1-19(2,27)11-14-12-25(23-22-14)20(7-8-20)18(26)24-9-10-28-17(13-24)15-5-3-4-6-16(15)21/h3-6,12,17,27H,7-11,13H2,1-2H3. The van der Waals surface area contributed by atoms with Gasteiger partial charge in [0, 0.05) is 29.7 Å². The summed E-state index contributed by atoms with van der Waals surface area (Å²) < 4.78 is 7.56. The lowest BCUT2D eigenvalue weighted by molar-refractivity contribution is -0.144. The molecule has 0 radical (unpaired) electrons. The zero-order valence-electron chi connectivity index (χ0n) is 16.1. The van der Waals surface area contributed by atoms with Crippen LogP contribution in [-0.4, -0.2) is 56.2 Å². The molecule has 1 saturated heterocycles. The molecular weight excluding hydrogens is 380 g/mol. The molecule has 1 unspecified atom stereocenters. The maximum absolute atomic E-state index is 13.3. The smallest absolute Gasteiger partial charge is 0.250 e. The molecule has 0 spiro atoms. The lowest BCUT2D eigenvalue weighted by atomic mass is 10.0. The molecule has 1 amide bonds. The first-order chi connectivity index (χ1) is 13.3. The number of benzene rings is 1. The second kappa shape index (κ2) is 7.13. The van der Waals surface area contributed by atoms with Crippen LogP contribution in [0.5, 0.6) is 0 Å². The Morgan fingerprint density at radius 3 is 2.82 bits per heavy atom. The van der Waals surface area contributed by atoms with Crippen molar-refractivity contribution in [3.63, 3.8) is 0 Å². The van der Waals surface area contributed by atoms with Crippen LogP contribution in [-0.2, 0) is 21.5 Å². The number of aromatic nitrogens is 3. The molecule has 8 heteroatoms. The van der Waals surface area contributed by atoms with E-state index in [1.807, 2.05) is 29.2 Å². The third-order valence-electron chi connectivity index (χ3n) is 5.32. The van der Waals surface area contributed by atoms with Gasteiger partial charge in [0.2, 0.25) is 0 Å². The van der Waals surface area contributed by atoms with Gasteiger partial charge in [0.25, 0.3) is 5.91 Å². The minimum Gasteiger partial charge on any atom is -0.390 e. The Bertz CT molecular complexity index is 872. The predicted octanol–water partition coefficient (Wildman–Crippen LogP) is 2.33. The molecule has 1 saturated carbocycles. The zero-order valence-corrected chi connectivity index (χ0v) is 16.9. The fourth-order valence-corrected chi connectivity index (χ4v) is 4.00. The number of morpholine rings is 1. The number of carbonyl (C=O) groups is 1. The van der Waals surface area contributed by atoms with Gasteiger partial charge in [0.15, 0.2) is 0 Å². The maximum Gasteiger partial charge on any atom is 0.250 e. The number of hydrogen-bond donors (Lipinski definition) is 1. The first-order valence-electron chi connectivity index (χ1n) is 9.58. The van der Waals surface area contributed by atoms with Gasteiger partial charge in [0.1, 0.15) is 11.6 Å². The van der Waals surface area contributed by atoms with E-state index < -0.39 is 11.1 Å². The number of carbonyl (C=O) groups excluding carboxylic acids is 1. The second-order valence-corrected chi connectivity index (χ2v) is 8.71. The Kier molecular flexibility index (Phi) is 4.93. The third-order valence-corrected chi connectivity index (χ3v) is 5.66. The Labute approximate surface area is 169 Å². The zero-order chi connectivity index (χ0) is 19.9. The van der Waals surface area contributed by atoms with Gasteiger partial charge >= 0.3 is 0 Å². The number of rotatable bonds is 5. The minimum absolute atomic E-state index is 0.0487. The monoisotopic (exact) mass is 404 g/mol. The number of ether oxygens (including phenoxy) is 1. The fraction of sp³-hybridized carbons (Fsp3) is 0.550. The Morgan fingerprint density at radius 1 is 1.39 bits per heavy atom. The molecule has 7 nitrogen and oxygen atoms in total. The summed E-state index contributed by atoms with van der Waals surface area (Å²) in [6, 6.07) is 7.58. The Morgan fingerprint density at radius 2 is 2.14 bits per heavy atom. The molecule has 1 aromatic heterocycles. The molecule has 1 N–H and O–H groups in total. The Balaban J connectivity index is 1.50. The molecule has 2 fully saturated rings. The summed E-state index contributed by atoms with van der Waals surface area (Å²) in [5.74, 6) is 0.0487. The summed E-state index contributed by atoms with van der Waals surface area (Å²) in [5.41, 5.74) is 0.0588. The highest BCUT2D eigenvalue weighted by Gasteiger charge is 2.55. The third kappa shape index (κ3) is 3.79. The van der Waals surface area contributed by atoms with Crippen LogP contribution in [0.1, 0.15) is 44.1 Å². The van der Waals surface area contributed by atoms with Crippen LogP contribution in [0.15, 0.2) is 30.5 Å². The highest BCUT2D eigenvalue weighted by Crippen LogP contribution is 2.45. The summed E-state index contributed by atoms with van der Waals surface area (Å²) in [6.45, 7) is 4.95. The molecule has 2 heterocycles. The molecule has 0 bridgehead atoms. The van der Waals surface area contributed by atoms with Crippen LogP contribution < -0.4 is 0 Å². The van der Waals surface area contributed by atoms with Crippen molar-refractivity contribution in [2.75, 3.05) is 19.7 Å². The van der Waals surface area contributed by atoms with Gasteiger partial charge in [-0.3, -0.25) is 4.79 Å². The van der Waals surface area contributed by atoms with Crippen molar-refractivity contribution in [2.24, 2.45) is 0 Å². The number of halogens is 1. The average molecular weight is 405 g/mol. The molecule has 150 valence electrons. The van der Waals surface area contributed by atoms with Crippen LogP contribution in [0.25, 0.3) is 0 Å². The molecule has 1 aliphatic carbocycles. The van der Waals surface area contributed by atoms with Crippen molar-refractivity contribution in [3.8, 4) is 0 Å². The summed E-state index contributed by atoms with van der Waals surface area (Å²) in [6.07, 6.45) is 3.43. The first kappa shape index (κ1) is 19.4. The van der Waals surface area contributed by atoms with E-state index >= 15 is 0 Å². The quantitative estimate of drug-likeness (QED) is 0.827. The molecule has 1 aliphatic heterocycles. The molecule has 1 atom stereocenters. The van der Waals surface area contributed by atoms with Crippen LogP contribution in [0.4, 0.5) is 0 Å². The SMILES string of the molecule is CC(C)(O)Cc1cn(C2(C(=O)N3CCOC(c4ccccc4Cl)C3)CC2)nn1. The lowest BCUT2D eigenvalue weighted by Gasteiger charge is -2.35. The van der Waals surface area contributed by atoms with E-state index in [0.29, 0.717) is 36.8 Å². The van der Waals surface area contributed by atoms with E-state index in [2.05, 4.69) is 10.3 Å². The van der Waals surface area contributed by atoms with Crippen LogP contribution in [0.3, 0.4) is 0 Å². The number of hydrogen-bond acceptors (Lipinski definition) is 5. The largest absolute Gasteiger partial charge is 0.390 e. The second-order valence-electron chi connectivity index (χ2n) is 8.31. The lowest BCUT2D eigenvalue weighted by Crippen LogP contribution is -2.48. The van der Waals surface area contributed by atoms with Crippen molar-refractivity contribution < 1.29 is 14.6 Å². The molecule has 4 rings (SSSR count). The predicted molar refractivity (Wildman–Crippen MR) is 104 cm³/mol. The van der Waals surface area contributed by atoms with Gasteiger partial charge in [0.05, 0.1) is 24.4 Å². The topological polar surface area (TPSA) is 80.5 Å². The van der Waals surface area contributed by atoms with Crippen LogP contribution >= 0.6 is 11.6 Å². The molecule has 2 aromatic rings. The average Bonchev–Trinajstić information content (AvgIpc) is 3.34. The number of aliphatic hydroxyl groups is 1. The molecule has 2 aliphatic rings. The van der Waals surface area contributed by atoms with Gasteiger partial charge < -0.3 is 14.7 Å². The summed E-state index contributed by atoms with van der Waals surface area (Å²) in [4.78, 5) is 15.2. The van der Waals surface area contributed by atoms with E-state index in [1.165, 1.54) is 0 Å². The fourth-order valence-electron chi connectivity index (χ4n) is 3.74. The summed E-state index contributed by atoms with van der Waals surface area (Å²) >= 11 is 6.31. The number of nitrogens with zero attached hydrogens (tertiary/aromatic N) is 4. The van der Waals surface area contributed by atoms with Gasteiger partial charge in [-0.25, -0.2) is 4.68 Å². The maximum atomic E-state index is 13.3. The van der Waals surface area contributed by atoms with Crippen molar-refractivity contribution >= 4 is 17.5 Å². The highest BCUT2D eigenvalue weighted by molar-refractivity contribution is 6.31. The molecule has 28 heavy (non-hydrogen) atoms. The molecular formula is C20H25ClN4O3. The van der Waals surface area contributed by atoms with E-state index in [9.17, 15) is 9.90 Å². The van der Waals surface area contributed by atoms with Crippen molar-refractivity contribution in [1.82, 2.24) is 19.9 Å². The van der Waals surface area contributed by atoms with E-state index in [4.69, 9.17) is 16.3 Å². The normalized spacial score (nSPS) is 21.6. The van der Waals surface area contributed by atoms with E-state index in [-0.39, 0.29) is 12.0 Å². The minimum atomic E-state index is -0.867. The van der Waals surface area contributed by atoms with Crippen LogP contribution in [0, 0.1) is 0 Å². The van der Waals surface area contributed by atoms with Gasteiger partial charge in [-0.2, -0.15) is 0 Å². The highest BCUT2D eigenvalue weighted by atomic mass is 35.5. The van der Waals surface area contributed by atoms with Crippen molar-refractivity contribution in [2.45, 2.75) is 50.4 Å². The van der Waals surface area contributed by atoms with Gasteiger partial charge in [-0.15, -0.1) is 5.10 Å². The van der Waals surface area contributed by atoms with Crippen molar-refractivity contribution in [3.05, 3.63) is 46.7 Å². The summed E-state index contributed by atoms with van der Waals surface area (Å²) in [5, 5.41) is 19.0. The van der Waals surface area contributed by atoms with Gasteiger partial charge in [-0.05, 0) is 32.8 Å². The number of amides is 1. The van der Waals surface area contributed by atoms with Crippen LogP contribution in [0.2, 0.25) is 5.02 Å². The molecule has 1 aromatic carbocycles. The van der Waals surface area contributed by atoms with E-state index in [1.54, 1.807) is 24.7 Å². The van der Waals surface area contributed by atoms with Gasteiger partial charge in [-0.1, -0.05) is 35.0 Å². The summed E-state index contributed by atoms with van der Waals surface area (Å²) in [7, 11) is 0. The van der Waals surface area contributed by atoms with Crippen molar-refractivity contribution in [1.29, 1.82) is 0 Å². The first-order valence-corrected chi connectivity index (χ1v) is 9.96. The van der Waals surface area contributed by atoms with E-state index in [0.717, 1.165) is 18.4 Å².